The van der Waals surface area contributed by atoms with E-state index in [2.05, 4.69) is 5.32 Å². The predicted octanol–water partition coefficient (Wildman–Crippen LogP) is 1.92. The minimum Gasteiger partial charge on any atom is -0.379 e. The minimum absolute atomic E-state index is 0.0165. The first kappa shape index (κ1) is 19.9. The highest BCUT2D eigenvalue weighted by molar-refractivity contribution is 7.89. The Hall–Kier alpha value is -0.900. The van der Waals surface area contributed by atoms with Crippen LogP contribution in [0.5, 0.6) is 0 Å². The molecule has 0 saturated carbocycles. The Labute approximate surface area is 162 Å². The molecule has 144 valence electrons. The molecule has 1 atom stereocenters. The first-order chi connectivity index (χ1) is 12.4. The van der Waals surface area contributed by atoms with E-state index in [1.807, 2.05) is 0 Å². The number of rotatable bonds is 5. The van der Waals surface area contributed by atoms with Crippen LogP contribution in [0.25, 0.3) is 0 Å². The van der Waals surface area contributed by atoms with Gasteiger partial charge in [-0.15, -0.1) is 0 Å². The summed E-state index contributed by atoms with van der Waals surface area (Å²) in [6.07, 6.45) is 1.82. The van der Waals surface area contributed by atoms with Crippen molar-refractivity contribution in [2.45, 2.75) is 23.8 Å². The predicted molar refractivity (Wildman–Crippen MR) is 97.3 cm³/mol. The standard InChI is InChI=1S/C16H20Cl2N2O5S/c17-13-9-14(18)15(26(22,23)20-3-6-24-7-4-20)8-12(13)16(21)19-10-11-2-1-5-25-11/h8-9,11H,1-7,10H2,(H,19,21)/t11-/m1/s1. The number of sulfonamides is 1. The monoisotopic (exact) mass is 422 g/mol. The summed E-state index contributed by atoms with van der Waals surface area (Å²) in [5.74, 6) is -0.458. The van der Waals surface area contributed by atoms with Gasteiger partial charge >= 0.3 is 0 Å². The molecule has 0 bridgehead atoms. The zero-order valence-corrected chi connectivity index (χ0v) is 16.4. The first-order valence-corrected chi connectivity index (χ1v) is 10.6. The largest absolute Gasteiger partial charge is 0.379 e. The average molecular weight is 423 g/mol. The van der Waals surface area contributed by atoms with E-state index < -0.39 is 15.9 Å². The van der Waals surface area contributed by atoms with Crippen LogP contribution in [0.15, 0.2) is 17.0 Å². The van der Waals surface area contributed by atoms with Crippen molar-refractivity contribution in [2.75, 3.05) is 39.5 Å². The normalized spacial score (nSPS) is 21.7. The van der Waals surface area contributed by atoms with E-state index in [0.717, 1.165) is 12.8 Å². The second kappa shape index (κ2) is 8.41. The number of morpholine rings is 1. The van der Waals surface area contributed by atoms with E-state index >= 15 is 0 Å². The average Bonchev–Trinajstić information content (AvgIpc) is 3.14. The summed E-state index contributed by atoms with van der Waals surface area (Å²) in [5.41, 5.74) is 0.0703. The third-order valence-electron chi connectivity index (χ3n) is 4.37. The van der Waals surface area contributed by atoms with E-state index in [1.54, 1.807) is 0 Å². The number of carbonyl (C=O) groups is 1. The molecule has 2 saturated heterocycles. The van der Waals surface area contributed by atoms with Crippen LogP contribution in [-0.4, -0.2) is 64.2 Å². The lowest BCUT2D eigenvalue weighted by atomic mass is 10.2. The maximum atomic E-state index is 12.9. The van der Waals surface area contributed by atoms with Crippen molar-refractivity contribution in [3.05, 3.63) is 27.7 Å². The highest BCUT2D eigenvalue weighted by Gasteiger charge is 2.30. The number of nitrogens with one attached hydrogen (secondary N) is 1. The molecule has 10 heteroatoms. The fraction of sp³-hybridized carbons (Fsp3) is 0.562. The Bertz CT molecular complexity index is 775. The molecule has 1 aromatic rings. The number of hydrogen-bond acceptors (Lipinski definition) is 5. The van der Waals surface area contributed by atoms with Crippen LogP contribution in [0.1, 0.15) is 23.2 Å². The Balaban J connectivity index is 1.82. The molecule has 3 rings (SSSR count). The van der Waals surface area contributed by atoms with Gasteiger partial charge in [-0.25, -0.2) is 8.42 Å². The van der Waals surface area contributed by atoms with Gasteiger partial charge in [0.15, 0.2) is 0 Å². The molecular weight excluding hydrogens is 403 g/mol. The molecule has 0 aliphatic carbocycles. The van der Waals surface area contributed by atoms with Crippen molar-refractivity contribution >= 4 is 39.1 Å². The molecule has 2 aliphatic rings. The molecule has 1 N–H and O–H groups in total. The van der Waals surface area contributed by atoms with Crippen LogP contribution in [0.4, 0.5) is 0 Å². The maximum Gasteiger partial charge on any atom is 0.252 e. The zero-order chi connectivity index (χ0) is 18.7. The molecule has 1 aromatic carbocycles. The van der Waals surface area contributed by atoms with E-state index in [4.69, 9.17) is 32.7 Å². The van der Waals surface area contributed by atoms with Crippen molar-refractivity contribution in [3.63, 3.8) is 0 Å². The summed E-state index contributed by atoms with van der Waals surface area (Å²) in [7, 11) is -3.84. The van der Waals surface area contributed by atoms with Crippen LogP contribution in [0.3, 0.4) is 0 Å². The second-order valence-corrected chi connectivity index (χ2v) is 8.84. The van der Waals surface area contributed by atoms with Crippen LogP contribution in [0, 0.1) is 0 Å². The molecule has 1 amide bonds. The van der Waals surface area contributed by atoms with Gasteiger partial charge in [0, 0.05) is 26.2 Å². The van der Waals surface area contributed by atoms with Gasteiger partial charge in [-0.05, 0) is 25.0 Å². The van der Waals surface area contributed by atoms with Gasteiger partial charge in [0.25, 0.3) is 5.91 Å². The van der Waals surface area contributed by atoms with Crippen LogP contribution < -0.4 is 5.32 Å². The molecule has 0 spiro atoms. The van der Waals surface area contributed by atoms with Gasteiger partial charge < -0.3 is 14.8 Å². The number of nitrogens with zero attached hydrogens (tertiary/aromatic N) is 1. The first-order valence-electron chi connectivity index (χ1n) is 8.36. The summed E-state index contributed by atoms with van der Waals surface area (Å²) in [4.78, 5) is 12.3. The van der Waals surface area contributed by atoms with Crippen molar-refractivity contribution in [2.24, 2.45) is 0 Å². The summed E-state index contributed by atoms with van der Waals surface area (Å²) in [6, 6.07) is 2.53. The SMILES string of the molecule is O=C(NC[C@H]1CCCO1)c1cc(S(=O)(=O)N2CCOCC2)c(Cl)cc1Cl. The van der Waals surface area contributed by atoms with Crippen LogP contribution in [-0.2, 0) is 19.5 Å². The van der Waals surface area contributed by atoms with Crippen molar-refractivity contribution < 1.29 is 22.7 Å². The Kier molecular flexibility index (Phi) is 6.42. The molecule has 2 heterocycles. The number of benzene rings is 1. The Morgan fingerprint density at radius 3 is 2.58 bits per heavy atom. The number of amides is 1. The molecule has 2 fully saturated rings. The lowest BCUT2D eigenvalue weighted by Crippen LogP contribution is -2.40. The van der Waals surface area contributed by atoms with Crippen LogP contribution in [0.2, 0.25) is 10.0 Å². The molecule has 7 nitrogen and oxygen atoms in total. The Morgan fingerprint density at radius 2 is 1.92 bits per heavy atom. The fourth-order valence-electron chi connectivity index (χ4n) is 2.93. The third kappa shape index (κ3) is 4.32. The number of carbonyl (C=O) groups excluding carboxylic acids is 1. The zero-order valence-electron chi connectivity index (χ0n) is 14.0. The highest BCUT2D eigenvalue weighted by atomic mass is 35.5. The van der Waals surface area contributed by atoms with E-state index in [1.165, 1.54) is 16.4 Å². The number of hydrogen-bond donors (Lipinski definition) is 1. The number of ether oxygens (including phenoxy) is 2. The van der Waals surface area contributed by atoms with E-state index in [0.29, 0.717) is 26.4 Å². The Morgan fingerprint density at radius 1 is 1.19 bits per heavy atom. The summed E-state index contributed by atoms with van der Waals surface area (Å²) < 4.78 is 37.6. The topological polar surface area (TPSA) is 84.9 Å². The van der Waals surface area contributed by atoms with E-state index in [9.17, 15) is 13.2 Å². The number of halogens is 2. The van der Waals surface area contributed by atoms with Crippen molar-refractivity contribution in [1.29, 1.82) is 0 Å². The van der Waals surface area contributed by atoms with Gasteiger partial charge in [0.1, 0.15) is 4.90 Å². The van der Waals surface area contributed by atoms with Crippen molar-refractivity contribution in [3.8, 4) is 0 Å². The summed E-state index contributed by atoms with van der Waals surface area (Å²) in [6.45, 7) is 2.15. The lowest BCUT2D eigenvalue weighted by Gasteiger charge is -2.26. The summed E-state index contributed by atoms with van der Waals surface area (Å²) >= 11 is 12.2. The fourth-order valence-corrected chi connectivity index (χ4v) is 5.18. The maximum absolute atomic E-state index is 12.9. The van der Waals surface area contributed by atoms with Gasteiger partial charge in [0.05, 0.1) is 34.9 Å². The smallest absolute Gasteiger partial charge is 0.252 e. The molecular formula is C16H20Cl2N2O5S. The minimum atomic E-state index is -3.84. The summed E-state index contributed by atoms with van der Waals surface area (Å²) in [5, 5.41) is 2.82. The molecule has 26 heavy (non-hydrogen) atoms. The van der Waals surface area contributed by atoms with Gasteiger partial charge in [-0.3, -0.25) is 4.79 Å². The van der Waals surface area contributed by atoms with Gasteiger partial charge in [-0.2, -0.15) is 4.31 Å². The second-order valence-electron chi connectivity index (χ2n) is 6.12. The van der Waals surface area contributed by atoms with Crippen LogP contribution >= 0.6 is 23.2 Å². The van der Waals surface area contributed by atoms with Gasteiger partial charge in [0.2, 0.25) is 10.0 Å². The molecule has 0 radical (unpaired) electrons. The molecule has 0 unspecified atom stereocenters. The lowest BCUT2D eigenvalue weighted by molar-refractivity contribution is 0.0730. The van der Waals surface area contributed by atoms with Gasteiger partial charge in [-0.1, -0.05) is 23.2 Å². The molecule has 2 aliphatic heterocycles. The third-order valence-corrected chi connectivity index (χ3v) is 7.04. The quantitative estimate of drug-likeness (QED) is 0.783. The van der Waals surface area contributed by atoms with Crippen molar-refractivity contribution in [1.82, 2.24) is 9.62 Å². The molecule has 0 aromatic heterocycles. The highest BCUT2D eigenvalue weighted by Crippen LogP contribution is 2.31. The van der Waals surface area contributed by atoms with E-state index in [-0.39, 0.29) is 39.7 Å².